The molecule has 0 aliphatic carbocycles. The predicted octanol–water partition coefficient (Wildman–Crippen LogP) is 3.79. The Bertz CT molecular complexity index is 647. The lowest BCUT2D eigenvalue weighted by Crippen LogP contribution is -2.38. The van der Waals surface area contributed by atoms with Gasteiger partial charge < -0.3 is 14.8 Å². The van der Waals surface area contributed by atoms with Crippen LogP contribution in [0.2, 0.25) is 0 Å². The van der Waals surface area contributed by atoms with E-state index in [1.807, 2.05) is 0 Å². The topological polar surface area (TPSA) is 84.9 Å². The van der Waals surface area contributed by atoms with E-state index >= 15 is 0 Å². The second-order valence-corrected chi connectivity index (χ2v) is 12.0. The second kappa shape index (κ2) is 12.4. The first kappa shape index (κ1) is 28.9. The molecule has 0 aromatic rings. The van der Waals surface area contributed by atoms with E-state index in [-0.39, 0.29) is 52.6 Å². The molecule has 7 nitrogen and oxygen atoms in total. The van der Waals surface area contributed by atoms with Crippen molar-refractivity contribution >= 4 is 29.5 Å². The van der Waals surface area contributed by atoms with Gasteiger partial charge in [-0.05, 0) is 51.2 Å². The molecule has 0 saturated carbocycles. The Kier molecular flexibility index (Phi) is 11.2. The lowest BCUT2D eigenvalue weighted by atomic mass is 9.95. The molecule has 186 valence electrons. The van der Waals surface area contributed by atoms with Crippen molar-refractivity contribution in [2.75, 3.05) is 32.1 Å². The number of hydrogen-bond acceptors (Lipinski definition) is 6. The second-order valence-electron chi connectivity index (χ2n) is 10.7. The van der Waals surface area contributed by atoms with Gasteiger partial charge in [0.15, 0.2) is 0 Å². The van der Waals surface area contributed by atoms with Gasteiger partial charge in [-0.25, -0.2) is 0 Å². The van der Waals surface area contributed by atoms with Gasteiger partial charge in [0.2, 0.25) is 17.7 Å². The number of ether oxygens (including phenoxy) is 2. The molecule has 2 atom stereocenters. The van der Waals surface area contributed by atoms with E-state index in [2.05, 4.69) is 53.8 Å². The van der Waals surface area contributed by atoms with E-state index in [1.54, 1.807) is 0 Å². The Balaban J connectivity index is 2.39. The van der Waals surface area contributed by atoms with Crippen molar-refractivity contribution in [3.63, 3.8) is 0 Å². The zero-order chi connectivity index (χ0) is 24.6. The number of carbonyl (C=O) groups excluding carboxylic acids is 3. The van der Waals surface area contributed by atoms with Crippen LogP contribution in [0, 0.1) is 5.41 Å². The summed E-state index contributed by atoms with van der Waals surface area (Å²) in [6.45, 7) is 18.2. The summed E-state index contributed by atoms with van der Waals surface area (Å²) in [4.78, 5) is 36.9. The lowest BCUT2D eigenvalue weighted by molar-refractivity contribution is -0.138. The van der Waals surface area contributed by atoms with Gasteiger partial charge in [0, 0.05) is 26.4 Å². The number of nitrogens with one attached hydrogen (secondary N) is 1. The average Bonchev–Trinajstić information content (AvgIpc) is 2.93. The van der Waals surface area contributed by atoms with E-state index in [0.29, 0.717) is 19.8 Å². The van der Waals surface area contributed by atoms with Gasteiger partial charge in [-0.15, -0.1) is 11.8 Å². The normalized spacial score (nSPS) is 19.4. The molecule has 1 rings (SSSR count). The monoisotopic (exact) mass is 472 g/mol. The van der Waals surface area contributed by atoms with Crippen LogP contribution >= 0.6 is 11.8 Å². The SMILES string of the molecule is CCC(C)(CCOC(C)(C)CCSC1CC(=O)N(CCNC(C)=O)C1=O)OCC(C)(C)C. The number of imide groups is 1. The molecule has 1 N–H and O–H groups in total. The predicted molar refractivity (Wildman–Crippen MR) is 130 cm³/mol. The smallest absolute Gasteiger partial charge is 0.242 e. The molecule has 1 heterocycles. The minimum atomic E-state index is -0.343. The maximum absolute atomic E-state index is 12.5. The molecule has 1 saturated heterocycles. The molecule has 32 heavy (non-hydrogen) atoms. The molecule has 0 aromatic carbocycles. The van der Waals surface area contributed by atoms with Crippen LogP contribution in [0.3, 0.4) is 0 Å². The largest absolute Gasteiger partial charge is 0.375 e. The van der Waals surface area contributed by atoms with Crippen molar-refractivity contribution in [1.82, 2.24) is 10.2 Å². The van der Waals surface area contributed by atoms with Gasteiger partial charge >= 0.3 is 0 Å². The quantitative estimate of drug-likeness (QED) is 0.387. The fourth-order valence-corrected chi connectivity index (χ4v) is 4.59. The van der Waals surface area contributed by atoms with Crippen molar-refractivity contribution in [2.45, 2.75) is 97.5 Å². The lowest BCUT2D eigenvalue weighted by Gasteiger charge is -2.34. The van der Waals surface area contributed by atoms with Gasteiger partial charge in [0.1, 0.15) is 0 Å². The van der Waals surface area contributed by atoms with Crippen LogP contribution in [-0.4, -0.2) is 71.1 Å². The third-order valence-electron chi connectivity index (χ3n) is 5.66. The van der Waals surface area contributed by atoms with Crippen molar-refractivity contribution in [2.24, 2.45) is 5.41 Å². The summed E-state index contributed by atoms with van der Waals surface area (Å²) in [5.41, 5.74) is -0.385. The molecule has 0 bridgehead atoms. The first-order valence-electron chi connectivity index (χ1n) is 11.7. The van der Waals surface area contributed by atoms with Crippen molar-refractivity contribution in [1.29, 1.82) is 0 Å². The van der Waals surface area contributed by atoms with Crippen molar-refractivity contribution < 1.29 is 23.9 Å². The summed E-state index contributed by atoms with van der Waals surface area (Å²) in [7, 11) is 0. The Morgan fingerprint density at radius 2 is 1.78 bits per heavy atom. The molecule has 1 aliphatic rings. The Labute approximate surface area is 198 Å². The minimum absolute atomic E-state index is 0.131. The number of thioether (sulfide) groups is 1. The number of rotatable bonds is 14. The van der Waals surface area contributed by atoms with Crippen LogP contribution in [-0.2, 0) is 23.9 Å². The van der Waals surface area contributed by atoms with E-state index in [0.717, 1.165) is 25.0 Å². The van der Waals surface area contributed by atoms with Gasteiger partial charge in [0.05, 0.1) is 29.7 Å². The van der Waals surface area contributed by atoms with Crippen LogP contribution in [0.1, 0.15) is 81.1 Å². The molecule has 3 amide bonds. The maximum atomic E-state index is 12.5. The number of likely N-dealkylation sites (tertiary alicyclic amines) is 1. The summed E-state index contributed by atoms with van der Waals surface area (Å²) in [6.07, 6.45) is 2.77. The molecular formula is C24H44N2O5S. The Hall–Kier alpha value is -1.12. The van der Waals surface area contributed by atoms with Crippen molar-refractivity contribution in [3.8, 4) is 0 Å². The van der Waals surface area contributed by atoms with E-state index in [1.165, 1.54) is 23.6 Å². The first-order valence-corrected chi connectivity index (χ1v) is 12.7. The van der Waals surface area contributed by atoms with Crippen LogP contribution in [0.4, 0.5) is 0 Å². The summed E-state index contributed by atoms with van der Waals surface area (Å²) < 4.78 is 12.4. The standard InChI is InChI=1S/C24H44N2O5S/c1-9-24(8,31-17-22(3,4)5)10-14-30-23(6,7)11-15-32-19-16-20(28)26(21(19)29)13-12-25-18(2)27/h19H,9-17H2,1-8H3,(H,25,27). The van der Waals surface area contributed by atoms with Crippen molar-refractivity contribution in [3.05, 3.63) is 0 Å². The van der Waals surface area contributed by atoms with E-state index < -0.39 is 0 Å². The fraction of sp³-hybridized carbons (Fsp3) is 0.875. The van der Waals surface area contributed by atoms with E-state index in [9.17, 15) is 14.4 Å². The summed E-state index contributed by atoms with van der Waals surface area (Å²) in [5.74, 6) is 0.250. The number of nitrogens with zero attached hydrogens (tertiary/aromatic N) is 1. The Morgan fingerprint density at radius 1 is 1.12 bits per heavy atom. The number of carbonyl (C=O) groups is 3. The molecule has 0 spiro atoms. The molecule has 2 unspecified atom stereocenters. The third kappa shape index (κ3) is 10.7. The van der Waals surface area contributed by atoms with Gasteiger partial charge in [-0.3, -0.25) is 19.3 Å². The van der Waals surface area contributed by atoms with Crippen LogP contribution < -0.4 is 5.32 Å². The molecule has 0 aromatic heterocycles. The fourth-order valence-electron chi connectivity index (χ4n) is 3.17. The molecule has 8 heteroatoms. The highest BCUT2D eigenvalue weighted by Gasteiger charge is 2.38. The first-order chi connectivity index (χ1) is 14.7. The average molecular weight is 473 g/mol. The molecular weight excluding hydrogens is 428 g/mol. The Morgan fingerprint density at radius 3 is 2.34 bits per heavy atom. The number of amides is 3. The van der Waals surface area contributed by atoms with Crippen LogP contribution in [0.15, 0.2) is 0 Å². The minimum Gasteiger partial charge on any atom is -0.375 e. The maximum Gasteiger partial charge on any atom is 0.242 e. The summed E-state index contributed by atoms with van der Waals surface area (Å²) >= 11 is 1.52. The van der Waals surface area contributed by atoms with Gasteiger partial charge in [-0.1, -0.05) is 27.7 Å². The highest BCUT2D eigenvalue weighted by molar-refractivity contribution is 8.00. The van der Waals surface area contributed by atoms with Gasteiger partial charge in [0.25, 0.3) is 0 Å². The number of hydrogen-bond donors (Lipinski definition) is 1. The molecule has 1 aliphatic heterocycles. The zero-order valence-electron chi connectivity index (χ0n) is 21.3. The highest BCUT2D eigenvalue weighted by Crippen LogP contribution is 2.29. The third-order valence-corrected chi connectivity index (χ3v) is 6.87. The molecule has 1 fully saturated rings. The highest BCUT2D eigenvalue weighted by atomic mass is 32.2. The summed E-state index contributed by atoms with van der Waals surface area (Å²) in [6, 6.07) is 0. The van der Waals surface area contributed by atoms with Gasteiger partial charge in [-0.2, -0.15) is 0 Å². The molecule has 0 radical (unpaired) electrons. The van der Waals surface area contributed by atoms with E-state index in [4.69, 9.17) is 9.47 Å². The van der Waals surface area contributed by atoms with Crippen LogP contribution in [0.25, 0.3) is 0 Å². The summed E-state index contributed by atoms with van der Waals surface area (Å²) in [5, 5.41) is 2.28. The van der Waals surface area contributed by atoms with Crippen LogP contribution in [0.5, 0.6) is 0 Å². The zero-order valence-corrected chi connectivity index (χ0v) is 22.2.